The lowest BCUT2D eigenvalue weighted by atomic mass is 10.0. The highest BCUT2D eigenvalue weighted by molar-refractivity contribution is 8.00. The topological polar surface area (TPSA) is 92.1 Å². The molecule has 1 heterocycles. The fraction of sp³-hybridized carbons (Fsp3) is 0.364. The molecule has 1 N–H and O–H groups in total. The number of benzene rings is 1. The van der Waals surface area contributed by atoms with Gasteiger partial charge >= 0.3 is 5.97 Å². The van der Waals surface area contributed by atoms with Crippen LogP contribution >= 0.6 is 11.8 Å². The Morgan fingerprint density at radius 3 is 2.62 bits per heavy atom. The molecule has 2 aromatic rings. The van der Waals surface area contributed by atoms with Crippen LogP contribution in [0.25, 0.3) is 0 Å². The Kier molecular flexibility index (Phi) is 8.68. The number of nitrogens with one attached hydrogen (secondary N) is 1. The zero-order valence-corrected chi connectivity index (χ0v) is 17.7. The number of aryl methyl sites for hydroxylation is 1. The molecule has 152 valence electrons. The van der Waals surface area contributed by atoms with Gasteiger partial charge < -0.3 is 10.1 Å². The summed E-state index contributed by atoms with van der Waals surface area (Å²) in [4.78, 5) is 28.8. The third-order valence-electron chi connectivity index (χ3n) is 4.25. The van der Waals surface area contributed by atoms with Crippen molar-refractivity contribution in [3.05, 3.63) is 58.8 Å². The smallest absolute Gasteiger partial charge is 0.340 e. The third-order valence-corrected chi connectivity index (χ3v) is 5.24. The highest BCUT2D eigenvalue weighted by Crippen LogP contribution is 2.24. The van der Waals surface area contributed by atoms with Crippen LogP contribution in [0.1, 0.15) is 59.9 Å². The Bertz CT molecular complexity index is 894. The molecule has 1 aromatic heterocycles. The third kappa shape index (κ3) is 6.33. The van der Waals surface area contributed by atoms with Crippen molar-refractivity contribution >= 4 is 23.6 Å². The molecule has 6 nitrogen and oxygen atoms in total. The average molecular weight is 412 g/mol. The average Bonchev–Trinajstić information content (AvgIpc) is 2.72. The normalized spacial score (nSPS) is 11.4. The summed E-state index contributed by atoms with van der Waals surface area (Å²) in [5, 5.41) is 12.9. The first-order valence-electron chi connectivity index (χ1n) is 9.56. The van der Waals surface area contributed by atoms with E-state index >= 15 is 0 Å². The SMILES string of the molecule is CCC[C@H](NC(=O)CSc1nc(C)c(C(=O)OCC)cc1C#N)c1ccccc1. The van der Waals surface area contributed by atoms with Crippen LogP contribution in [0, 0.1) is 18.3 Å². The first-order chi connectivity index (χ1) is 14.0. The summed E-state index contributed by atoms with van der Waals surface area (Å²) >= 11 is 1.19. The number of rotatable bonds is 9. The number of ether oxygens (including phenoxy) is 1. The molecule has 2 rings (SSSR count). The standard InChI is InChI=1S/C22H25N3O3S/c1-4-9-19(16-10-7-6-8-11-16)25-20(26)14-29-21-17(13-23)12-18(15(3)24-21)22(27)28-5-2/h6-8,10-12,19H,4-5,9,14H2,1-3H3,(H,25,26)/t19-/m0/s1. The van der Waals surface area contributed by atoms with Crippen LogP contribution in [0.15, 0.2) is 41.4 Å². The van der Waals surface area contributed by atoms with Crippen molar-refractivity contribution < 1.29 is 14.3 Å². The highest BCUT2D eigenvalue weighted by Gasteiger charge is 2.18. The van der Waals surface area contributed by atoms with Gasteiger partial charge in [0.1, 0.15) is 11.1 Å². The van der Waals surface area contributed by atoms with Crippen molar-refractivity contribution in [2.45, 2.75) is 44.7 Å². The number of carbonyl (C=O) groups excluding carboxylic acids is 2. The number of amides is 1. The van der Waals surface area contributed by atoms with Crippen molar-refractivity contribution in [3.8, 4) is 6.07 Å². The van der Waals surface area contributed by atoms with Gasteiger partial charge in [0, 0.05) is 0 Å². The van der Waals surface area contributed by atoms with E-state index in [-0.39, 0.29) is 35.4 Å². The number of aromatic nitrogens is 1. The van der Waals surface area contributed by atoms with Gasteiger partial charge in [0.25, 0.3) is 0 Å². The highest BCUT2D eigenvalue weighted by atomic mass is 32.2. The minimum absolute atomic E-state index is 0.0503. The number of thioether (sulfide) groups is 1. The van der Waals surface area contributed by atoms with Crippen LogP contribution in [0.3, 0.4) is 0 Å². The van der Waals surface area contributed by atoms with Gasteiger partial charge in [-0.2, -0.15) is 5.26 Å². The monoisotopic (exact) mass is 411 g/mol. The number of nitriles is 1. The molecule has 0 aliphatic heterocycles. The largest absolute Gasteiger partial charge is 0.462 e. The second-order valence-corrected chi connectivity index (χ2v) is 7.38. The molecule has 1 aromatic carbocycles. The van der Waals surface area contributed by atoms with E-state index in [4.69, 9.17) is 4.74 Å². The molecule has 0 unspecified atom stereocenters. The van der Waals surface area contributed by atoms with Gasteiger partial charge in [-0.05, 0) is 31.9 Å². The molecule has 1 amide bonds. The molecule has 29 heavy (non-hydrogen) atoms. The van der Waals surface area contributed by atoms with Crippen molar-refractivity contribution in [1.29, 1.82) is 5.26 Å². The van der Waals surface area contributed by atoms with Crippen molar-refractivity contribution in [2.75, 3.05) is 12.4 Å². The molecule has 0 saturated heterocycles. The predicted octanol–water partition coefficient (Wildman–Crippen LogP) is 4.19. The van der Waals surface area contributed by atoms with E-state index in [2.05, 4.69) is 17.2 Å². The van der Waals surface area contributed by atoms with Gasteiger partial charge in [0.05, 0.1) is 35.2 Å². The molecular weight excluding hydrogens is 386 g/mol. The zero-order chi connectivity index (χ0) is 21.2. The number of esters is 1. The lowest BCUT2D eigenvalue weighted by Crippen LogP contribution is -2.30. The van der Waals surface area contributed by atoms with Crippen LogP contribution in [0.5, 0.6) is 0 Å². The molecule has 0 saturated carbocycles. The molecule has 0 aliphatic carbocycles. The van der Waals surface area contributed by atoms with Gasteiger partial charge in [-0.3, -0.25) is 4.79 Å². The minimum Gasteiger partial charge on any atom is -0.462 e. The lowest BCUT2D eigenvalue weighted by molar-refractivity contribution is -0.119. The Labute approximate surface area is 175 Å². The molecular formula is C22H25N3O3S. The van der Waals surface area contributed by atoms with E-state index in [1.165, 1.54) is 17.8 Å². The Morgan fingerprint density at radius 1 is 1.28 bits per heavy atom. The summed E-state index contributed by atoms with van der Waals surface area (Å²) in [6.07, 6.45) is 1.79. The van der Waals surface area contributed by atoms with Crippen LogP contribution in [0.4, 0.5) is 0 Å². The van der Waals surface area contributed by atoms with Crippen LogP contribution in [-0.2, 0) is 9.53 Å². The van der Waals surface area contributed by atoms with Gasteiger partial charge in [-0.25, -0.2) is 9.78 Å². The van der Waals surface area contributed by atoms with Crippen LogP contribution < -0.4 is 5.32 Å². The zero-order valence-electron chi connectivity index (χ0n) is 16.9. The van der Waals surface area contributed by atoms with E-state index < -0.39 is 5.97 Å². The van der Waals surface area contributed by atoms with Crippen LogP contribution in [-0.4, -0.2) is 29.2 Å². The van der Waals surface area contributed by atoms with Crippen LogP contribution in [0.2, 0.25) is 0 Å². The fourth-order valence-electron chi connectivity index (χ4n) is 2.85. The van der Waals surface area contributed by atoms with E-state index in [0.717, 1.165) is 18.4 Å². The predicted molar refractivity (Wildman–Crippen MR) is 113 cm³/mol. The maximum absolute atomic E-state index is 12.5. The fourth-order valence-corrected chi connectivity index (χ4v) is 3.67. The van der Waals surface area contributed by atoms with Gasteiger partial charge in [-0.15, -0.1) is 0 Å². The maximum Gasteiger partial charge on any atom is 0.340 e. The lowest BCUT2D eigenvalue weighted by Gasteiger charge is -2.18. The molecule has 7 heteroatoms. The summed E-state index contributed by atoms with van der Waals surface area (Å²) in [7, 11) is 0. The van der Waals surface area contributed by atoms with Crippen molar-refractivity contribution in [2.24, 2.45) is 0 Å². The van der Waals surface area contributed by atoms with Crippen molar-refractivity contribution in [1.82, 2.24) is 10.3 Å². The second kappa shape index (κ2) is 11.2. The molecule has 1 atom stereocenters. The van der Waals surface area contributed by atoms with E-state index in [1.807, 2.05) is 36.4 Å². The Balaban J connectivity index is 2.08. The summed E-state index contributed by atoms with van der Waals surface area (Å²) in [5.41, 5.74) is 2.06. The van der Waals surface area contributed by atoms with Gasteiger partial charge in [0.2, 0.25) is 5.91 Å². The Morgan fingerprint density at radius 2 is 2.00 bits per heavy atom. The minimum atomic E-state index is -0.506. The molecule has 0 spiro atoms. The molecule has 0 bridgehead atoms. The number of pyridine rings is 1. The molecule has 0 fully saturated rings. The summed E-state index contributed by atoms with van der Waals surface area (Å²) < 4.78 is 5.00. The van der Waals surface area contributed by atoms with Gasteiger partial charge in [0.15, 0.2) is 0 Å². The number of nitrogens with zero attached hydrogens (tertiary/aromatic N) is 2. The summed E-state index contributed by atoms with van der Waals surface area (Å²) in [5.74, 6) is -0.504. The van der Waals surface area contributed by atoms with E-state index in [0.29, 0.717) is 10.7 Å². The second-order valence-electron chi connectivity index (χ2n) is 6.41. The summed E-state index contributed by atoms with van der Waals surface area (Å²) in [6, 6.07) is 13.3. The van der Waals surface area contributed by atoms with E-state index in [1.54, 1.807) is 13.8 Å². The van der Waals surface area contributed by atoms with Gasteiger partial charge in [-0.1, -0.05) is 55.4 Å². The maximum atomic E-state index is 12.5. The quantitative estimate of drug-likeness (QED) is 0.491. The van der Waals surface area contributed by atoms with E-state index in [9.17, 15) is 14.9 Å². The van der Waals surface area contributed by atoms with Crippen molar-refractivity contribution in [3.63, 3.8) is 0 Å². The molecule has 0 radical (unpaired) electrons. The Hall–Kier alpha value is -2.85. The number of carbonyl (C=O) groups is 2. The summed E-state index contributed by atoms with van der Waals surface area (Å²) in [6.45, 7) is 5.73. The first kappa shape index (κ1) is 22.4. The number of hydrogen-bond acceptors (Lipinski definition) is 6. The molecule has 0 aliphatic rings. The first-order valence-corrected chi connectivity index (χ1v) is 10.5. The number of hydrogen-bond donors (Lipinski definition) is 1.